The molecule has 0 aliphatic heterocycles. The lowest BCUT2D eigenvalue weighted by atomic mass is 10.2. The van der Waals surface area contributed by atoms with Gasteiger partial charge in [0.15, 0.2) is 0 Å². The minimum Gasteiger partial charge on any atom is -0.496 e. The number of benzene rings is 2. The van der Waals surface area contributed by atoms with Crippen LogP contribution >= 0.6 is 22.6 Å². The molecule has 2 aromatic carbocycles. The summed E-state index contributed by atoms with van der Waals surface area (Å²) >= 11 is 2.15. The quantitative estimate of drug-likeness (QED) is 0.571. The maximum Gasteiger partial charge on any atom is 0.325 e. The van der Waals surface area contributed by atoms with Crippen LogP contribution in [0, 0.1) is 3.57 Å². The van der Waals surface area contributed by atoms with E-state index >= 15 is 0 Å². The van der Waals surface area contributed by atoms with Gasteiger partial charge in [-0.1, -0.05) is 24.3 Å². The van der Waals surface area contributed by atoms with Crippen molar-refractivity contribution in [2.45, 2.75) is 6.61 Å². The van der Waals surface area contributed by atoms with Crippen LogP contribution in [-0.4, -0.2) is 25.5 Å². The number of methoxy groups -OCH3 is 1. The van der Waals surface area contributed by atoms with E-state index in [1.165, 1.54) is 0 Å². The van der Waals surface area contributed by atoms with Gasteiger partial charge in [-0.15, -0.1) is 0 Å². The van der Waals surface area contributed by atoms with Crippen molar-refractivity contribution in [3.05, 3.63) is 63.2 Å². The molecule has 0 radical (unpaired) electrons. The van der Waals surface area contributed by atoms with Crippen molar-refractivity contribution in [3.63, 3.8) is 0 Å². The Kier molecular flexibility index (Phi) is 6.40. The van der Waals surface area contributed by atoms with Crippen LogP contribution in [0.3, 0.4) is 0 Å². The van der Waals surface area contributed by atoms with E-state index in [0.29, 0.717) is 5.56 Å². The van der Waals surface area contributed by atoms with Crippen LogP contribution in [0.2, 0.25) is 0 Å². The van der Waals surface area contributed by atoms with Crippen molar-refractivity contribution >= 4 is 34.5 Å². The van der Waals surface area contributed by atoms with E-state index in [9.17, 15) is 9.59 Å². The lowest BCUT2D eigenvalue weighted by molar-refractivity contribution is -0.143. The predicted octanol–water partition coefficient (Wildman–Crippen LogP) is 2.77. The molecule has 0 unspecified atom stereocenters. The van der Waals surface area contributed by atoms with Crippen molar-refractivity contribution in [3.8, 4) is 5.75 Å². The Morgan fingerprint density at radius 1 is 1.13 bits per heavy atom. The van der Waals surface area contributed by atoms with Gasteiger partial charge < -0.3 is 14.8 Å². The molecule has 0 saturated heterocycles. The van der Waals surface area contributed by atoms with E-state index in [2.05, 4.69) is 27.9 Å². The van der Waals surface area contributed by atoms with Crippen molar-refractivity contribution in [1.29, 1.82) is 0 Å². The Labute approximate surface area is 148 Å². The summed E-state index contributed by atoms with van der Waals surface area (Å²) in [7, 11) is 1.60. The zero-order valence-electron chi connectivity index (χ0n) is 12.5. The Balaban J connectivity index is 1.79. The summed E-state index contributed by atoms with van der Waals surface area (Å²) in [5.74, 6) is -0.0162. The first-order valence-electron chi connectivity index (χ1n) is 6.91. The Morgan fingerprint density at radius 3 is 2.52 bits per heavy atom. The first-order chi connectivity index (χ1) is 11.1. The summed E-state index contributed by atoms with van der Waals surface area (Å²) in [5.41, 5.74) is 1.36. The highest BCUT2D eigenvalue weighted by Gasteiger charge is 2.09. The average Bonchev–Trinajstić information content (AvgIpc) is 2.58. The van der Waals surface area contributed by atoms with E-state index in [1.54, 1.807) is 31.4 Å². The molecule has 0 fully saturated rings. The average molecular weight is 425 g/mol. The summed E-state index contributed by atoms with van der Waals surface area (Å²) in [6, 6.07) is 14.2. The van der Waals surface area contributed by atoms with E-state index in [0.717, 1.165) is 14.9 Å². The molecule has 0 saturated carbocycles. The van der Waals surface area contributed by atoms with E-state index < -0.39 is 5.97 Å². The van der Waals surface area contributed by atoms with Gasteiger partial charge >= 0.3 is 5.97 Å². The molecule has 120 valence electrons. The summed E-state index contributed by atoms with van der Waals surface area (Å²) in [6.07, 6.45) is 0. The molecular weight excluding hydrogens is 409 g/mol. The van der Waals surface area contributed by atoms with Crippen LogP contribution in [0.5, 0.6) is 5.75 Å². The number of ether oxygens (including phenoxy) is 2. The van der Waals surface area contributed by atoms with Crippen molar-refractivity contribution in [2.24, 2.45) is 0 Å². The van der Waals surface area contributed by atoms with Gasteiger partial charge in [-0.2, -0.15) is 0 Å². The van der Waals surface area contributed by atoms with Gasteiger partial charge in [0.2, 0.25) is 0 Å². The molecule has 23 heavy (non-hydrogen) atoms. The van der Waals surface area contributed by atoms with Crippen LogP contribution in [-0.2, 0) is 16.1 Å². The van der Waals surface area contributed by atoms with Gasteiger partial charge in [0, 0.05) is 5.56 Å². The minimum absolute atomic E-state index is 0.153. The topological polar surface area (TPSA) is 64.6 Å². The van der Waals surface area contributed by atoms with Gasteiger partial charge in [-0.3, -0.25) is 9.59 Å². The first kappa shape index (κ1) is 17.3. The second-order valence-corrected chi connectivity index (χ2v) is 5.84. The lowest BCUT2D eigenvalue weighted by Gasteiger charge is -2.08. The fourth-order valence-corrected chi connectivity index (χ4v) is 2.66. The molecule has 6 heteroatoms. The van der Waals surface area contributed by atoms with Gasteiger partial charge in [0.25, 0.3) is 5.91 Å². The summed E-state index contributed by atoms with van der Waals surface area (Å²) in [4.78, 5) is 23.5. The molecule has 0 bridgehead atoms. The molecular formula is C17H16INO4. The molecule has 2 rings (SSSR count). The normalized spacial score (nSPS) is 10.0. The molecule has 1 amide bonds. The molecule has 0 heterocycles. The second-order valence-electron chi connectivity index (χ2n) is 4.68. The standard InChI is InChI=1S/C17H16INO4/c1-22-15-8-7-12(9-14(15)18)11-23-16(20)10-19-17(21)13-5-3-2-4-6-13/h2-9H,10-11H2,1H3,(H,19,21). The van der Waals surface area contributed by atoms with E-state index in [4.69, 9.17) is 9.47 Å². The molecule has 0 spiro atoms. The van der Waals surface area contributed by atoms with Gasteiger partial charge in [0.1, 0.15) is 18.9 Å². The molecule has 0 atom stereocenters. The van der Waals surface area contributed by atoms with Crippen LogP contribution in [0.4, 0.5) is 0 Å². The third kappa shape index (κ3) is 5.24. The van der Waals surface area contributed by atoms with Crippen LogP contribution < -0.4 is 10.1 Å². The SMILES string of the molecule is COc1ccc(COC(=O)CNC(=O)c2ccccc2)cc1I. The monoisotopic (exact) mass is 425 g/mol. The van der Waals surface area contributed by atoms with Crippen molar-refractivity contribution < 1.29 is 19.1 Å². The molecule has 1 N–H and O–H groups in total. The number of hydrogen-bond acceptors (Lipinski definition) is 4. The number of amides is 1. The summed E-state index contributed by atoms with van der Waals surface area (Å²) < 4.78 is 11.3. The van der Waals surface area contributed by atoms with Crippen molar-refractivity contribution in [1.82, 2.24) is 5.32 Å². The number of nitrogens with one attached hydrogen (secondary N) is 1. The van der Waals surface area contributed by atoms with Crippen LogP contribution in [0.25, 0.3) is 0 Å². The number of hydrogen-bond donors (Lipinski definition) is 1. The van der Waals surface area contributed by atoms with Gasteiger partial charge in [-0.25, -0.2) is 0 Å². The first-order valence-corrected chi connectivity index (χ1v) is 7.99. The second kappa shape index (κ2) is 8.52. The van der Waals surface area contributed by atoms with E-state index in [-0.39, 0.29) is 19.1 Å². The maximum absolute atomic E-state index is 11.8. The predicted molar refractivity (Wildman–Crippen MR) is 94.3 cm³/mol. The molecule has 0 aromatic heterocycles. The Bertz CT molecular complexity index is 688. The van der Waals surface area contributed by atoms with Crippen molar-refractivity contribution in [2.75, 3.05) is 13.7 Å². The molecule has 2 aromatic rings. The highest BCUT2D eigenvalue weighted by molar-refractivity contribution is 14.1. The Hall–Kier alpha value is -2.09. The largest absolute Gasteiger partial charge is 0.496 e. The zero-order chi connectivity index (χ0) is 16.7. The number of carbonyl (C=O) groups excluding carboxylic acids is 2. The smallest absolute Gasteiger partial charge is 0.325 e. The van der Waals surface area contributed by atoms with Crippen LogP contribution in [0.1, 0.15) is 15.9 Å². The Morgan fingerprint density at radius 2 is 1.87 bits per heavy atom. The highest BCUT2D eigenvalue weighted by Crippen LogP contribution is 2.21. The number of halogens is 1. The van der Waals surface area contributed by atoms with Gasteiger partial charge in [-0.05, 0) is 52.4 Å². The van der Waals surface area contributed by atoms with Gasteiger partial charge in [0.05, 0.1) is 10.7 Å². The number of esters is 1. The number of rotatable bonds is 6. The fourth-order valence-electron chi connectivity index (χ4n) is 1.86. The molecule has 0 aliphatic rings. The highest BCUT2D eigenvalue weighted by atomic mass is 127. The zero-order valence-corrected chi connectivity index (χ0v) is 14.7. The minimum atomic E-state index is -0.486. The molecule has 5 nitrogen and oxygen atoms in total. The molecule has 0 aliphatic carbocycles. The summed E-state index contributed by atoms with van der Waals surface area (Å²) in [5, 5.41) is 2.53. The van der Waals surface area contributed by atoms with Crippen LogP contribution in [0.15, 0.2) is 48.5 Å². The third-order valence-electron chi connectivity index (χ3n) is 3.05. The van der Waals surface area contributed by atoms with E-state index in [1.807, 2.05) is 24.3 Å². The fraction of sp³-hybridized carbons (Fsp3) is 0.176. The third-order valence-corrected chi connectivity index (χ3v) is 3.89. The lowest BCUT2D eigenvalue weighted by Crippen LogP contribution is -2.30. The summed E-state index contributed by atoms with van der Waals surface area (Å²) in [6.45, 7) is -0.0129. The number of carbonyl (C=O) groups is 2. The maximum atomic E-state index is 11.8.